The first-order valence-corrected chi connectivity index (χ1v) is 8.07. The van der Waals surface area contributed by atoms with Gasteiger partial charge >= 0.3 is 5.97 Å². The Balaban J connectivity index is 2.01. The molecule has 5 heteroatoms. The largest absolute Gasteiger partial charge is 0.449 e. The van der Waals surface area contributed by atoms with Crippen LogP contribution < -0.4 is 5.32 Å². The van der Waals surface area contributed by atoms with E-state index in [1.54, 1.807) is 32.2 Å². The number of aryl methyl sites for hydroxylation is 2. The van der Waals surface area contributed by atoms with Gasteiger partial charge in [0.25, 0.3) is 5.91 Å². The Morgan fingerprint density at radius 2 is 1.88 bits per heavy atom. The fourth-order valence-corrected chi connectivity index (χ4v) is 2.34. The molecule has 1 atom stereocenters. The summed E-state index contributed by atoms with van der Waals surface area (Å²) in [5.74, 6) is -0.906. The molecule has 0 radical (unpaired) electrons. The second-order valence-corrected chi connectivity index (χ2v) is 5.99. The van der Waals surface area contributed by atoms with Crippen LogP contribution in [0.4, 0.5) is 5.69 Å². The molecule has 2 rings (SSSR count). The number of hydrogen-bond donors (Lipinski definition) is 1. The summed E-state index contributed by atoms with van der Waals surface area (Å²) in [4.78, 5) is 24.6. The van der Waals surface area contributed by atoms with Crippen molar-refractivity contribution >= 4 is 17.6 Å². The lowest BCUT2D eigenvalue weighted by Crippen LogP contribution is -2.30. The predicted molar refractivity (Wildman–Crippen MR) is 96.6 cm³/mol. The van der Waals surface area contributed by atoms with Crippen LogP contribution in [0.1, 0.15) is 34.0 Å². The molecule has 0 saturated heterocycles. The first-order chi connectivity index (χ1) is 11.9. The van der Waals surface area contributed by atoms with Crippen molar-refractivity contribution in [3.63, 3.8) is 0 Å². The smallest absolute Gasteiger partial charge is 0.338 e. The minimum Gasteiger partial charge on any atom is -0.449 e. The number of hydrogen-bond acceptors (Lipinski definition) is 4. The number of anilines is 1. The highest BCUT2D eigenvalue weighted by atomic mass is 16.5. The zero-order chi connectivity index (χ0) is 18.4. The standard InChI is InChI=1S/C20H23NO4/c1-13-8-9-14(2)18(10-13)21-19(22)15(3)25-20(23)17-7-5-6-16(11-17)12-24-4/h5-11,15H,12H2,1-4H3,(H,21,22). The van der Waals surface area contributed by atoms with Crippen molar-refractivity contribution in [2.45, 2.75) is 33.5 Å². The number of carbonyl (C=O) groups excluding carboxylic acids is 2. The summed E-state index contributed by atoms with van der Waals surface area (Å²) in [5, 5.41) is 2.80. The van der Waals surface area contributed by atoms with Gasteiger partial charge in [0.2, 0.25) is 0 Å². The molecule has 0 fully saturated rings. The van der Waals surface area contributed by atoms with Gasteiger partial charge in [0.1, 0.15) is 0 Å². The van der Waals surface area contributed by atoms with Crippen LogP contribution in [0.2, 0.25) is 0 Å². The maximum absolute atomic E-state index is 12.3. The summed E-state index contributed by atoms with van der Waals surface area (Å²) in [6, 6.07) is 12.8. The number of methoxy groups -OCH3 is 1. The zero-order valence-corrected chi connectivity index (χ0v) is 15.0. The summed E-state index contributed by atoms with van der Waals surface area (Å²) < 4.78 is 10.3. The Bertz CT molecular complexity index is 770. The zero-order valence-electron chi connectivity index (χ0n) is 15.0. The van der Waals surface area contributed by atoms with Crippen LogP contribution in [0.3, 0.4) is 0 Å². The molecule has 5 nitrogen and oxygen atoms in total. The van der Waals surface area contributed by atoms with E-state index in [1.807, 2.05) is 38.1 Å². The van der Waals surface area contributed by atoms with Crippen molar-refractivity contribution in [2.24, 2.45) is 0 Å². The molecule has 0 aliphatic rings. The lowest BCUT2D eigenvalue weighted by molar-refractivity contribution is -0.123. The van der Waals surface area contributed by atoms with Crippen molar-refractivity contribution in [3.05, 3.63) is 64.7 Å². The molecule has 1 amide bonds. The van der Waals surface area contributed by atoms with E-state index in [0.29, 0.717) is 12.2 Å². The Morgan fingerprint density at radius 1 is 1.12 bits per heavy atom. The molecule has 25 heavy (non-hydrogen) atoms. The average molecular weight is 341 g/mol. The van der Waals surface area contributed by atoms with E-state index in [-0.39, 0.29) is 5.91 Å². The number of rotatable bonds is 6. The predicted octanol–water partition coefficient (Wildman–Crippen LogP) is 3.63. The van der Waals surface area contributed by atoms with Crippen LogP contribution in [0, 0.1) is 13.8 Å². The highest BCUT2D eigenvalue weighted by Gasteiger charge is 2.19. The lowest BCUT2D eigenvalue weighted by Gasteiger charge is -2.15. The fraction of sp³-hybridized carbons (Fsp3) is 0.300. The lowest BCUT2D eigenvalue weighted by atomic mass is 10.1. The van der Waals surface area contributed by atoms with Crippen molar-refractivity contribution in [1.82, 2.24) is 0 Å². The molecule has 0 aromatic heterocycles. The van der Waals surface area contributed by atoms with Gasteiger partial charge in [-0.1, -0.05) is 24.3 Å². The Labute approximate surface area is 148 Å². The van der Waals surface area contributed by atoms with E-state index >= 15 is 0 Å². The third-order valence-corrected chi connectivity index (χ3v) is 3.78. The first-order valence-electron chi connectivity index (χ1n) is 8.07. The number of amides is 1. The molecular weight excluding hydrogens is 318 g/mol. The summed E-state index contributed by atoms with van der Waals surface area (Å²) in [6.45, 7) is 5.82. The van der Waals surface area contributed by atoms with E-state index < -0.39 is 12.1 Å². The number of nitrogens with one attached hydrogen (secondary N) is 1. The molecule has 0 bridgehead atoms. The number of ether oxygens (including phenoxy) is 2. The normalized spacial score (nSPS) is 11.7. The third kappa shape index (κ3) is 5.16. The number of benzene rings is 2. The minimum atomic E-state index is -0.904. The Hall–Kier alpha value is -2.66. The SMILES string of the molecule is COCc1cccc(C(=O)OC(C)C(=O)Nc2cc(C)ccc2C)c1. The van der Waals surface area contributed by atoms with Crippen LogP contribution in [-0.4, -0.2) is 25.1 Å². The summed E-state index contributed by atoms with van der Waals surface area (Å²) in [6.07, 6.45) is -0.904. The van der Waals surface area contributed by atoms with Gasteiger partial charge in [-0.15, -0.1) is 0 Å². The molecule has 0 saturated carbocycles. The van der Waals surface area contributed by atoms with E-state index in [2.05, 4.69) is 5.32 Å². The third-order valence-electron chi connectivity index (χ3n) is 3.78. The van der Waals surface area contributed by atoms with Crippen molar-refractivity contribution < 1.29 is 19.1 Å². The molecule has 0 aliphatic carbocycles. The number of esters is 1. The van der Waals surface area contributed by atoms with Gasteiger partial charge < -0.3 is 14.8 Å². The van der Waals surface area contributed by atoms with Crippen molar-refractivity contribution in [3.8, 4) is 0 Å². The monoisotopic (exact) mass is 341 g/mol. The Kier molecular flexibility index (Phi) is 6.31. The van der Waals surface area contributed by atoms with Crippen LogP contribution in [-0.2, 0) is 20.9 Å². The molecule has 132 valence electrons. The van der Waals surface area contributed by atoms with E-state index in [0.717, 1.165) is 22.4 Å². The number of carbonyl (C=O) groups is 2. The average Bonchev–Trinajstić information content (AvgIpc) is 2.58. The Morgan fingerprint density at radius 3 is 2.60 bits per heavy atom. The molecular formula is C20H23NO4. The minimum absolute atomic E-state index is 0.366. The summed E-state index contributed by atoms with van der Waals surface area (Å²) in [7, 11) is 1.59. The quantitative estimate of drug-likeness (QED) is 0.815. The van der Waals surface area contributed by atoms with Crippen LogP contribution in [0.25, 0.3) is 0 Å². The fourth-order valence-electron chi connectivity index (χ4n) is 2.34. The first kappa shape index (κ1) is 18.7. The molecule has 1 unspecified atom stereocenters. The highest BCUT2D eigenvalue weighted by Crippen LogP contribution is 2.17. The van der Waals surface area contributed by atoms with Gasteiger partial charge in [-0.25, -0.2) is 4.79 Å². The van der Waals surface area contributed by atoms with E-state index in [9.17, 15) is 9.59 Å². The van der Waals surface area contributed by atoms with Crippen LogP contribution >= 0.6 is 0 Å². The molecule has 2 aromatic rings. The highest BCUT2D eigenvalue weighted by molar-refractivity contribution is 5.97. The molecule has 1 N–H and O–H groups in total. The van der Waals surface area contributed by atoms with Crippen molar-refractivity contribution in [2.75, 3.05) is 12.4 Å². The summed E-state index contributed by atoms with van der Waals surface area (Å²) >= 11 is 0. The molecule has 0 aliphatic heterocycles. The second-order valence-electron chi connectivity index (χ2n) is 5.99. The second kappa shape index (κ2) is 8.44. The van der Waals surface area contributed by atoms with Gasteiger partial charge in [-0.05, 0) is 55.7 Å². The van der Waals surface area contributed by atoms with E-state index in [4.69, 9.17) is 9.47 Å². The van der Waals surface area contributed by atoms with Gasteiger partial charge in [-0.2, -0.15) is 0 Å². The van der Waals surface area contributed by atoms with Crippen LogP contribution in [0.15, 0.2) is 42.5 Å². The van der Waals surface area contributed by atoms with Crippen molar-refractivity contribution in [1.29, 1.82) is 0 Å². The van der Waals surface area contributed by atoms with E-state index in [1.165, 1.54) is 0 Å². The summed E-state index contributed by atoms with van der Waals surface area (Å²) in [5.41, 5.74) is 3.96. The van der Waals surface area contributed by atoms with Crippen LogP contribution in [0.5, 0.6) is 0 Å². The van der Waals surface area contributed by atoms with Gasteiger partial charge in [0.05, 0.1) is 12.2 Å². The molecule has 0 heterocycles. The van der Waals surface area contributed by atoms with Gasteiger partial charge in [-0.3, -0.25) is 4.79 Å². The topological polar surface area (TPSA) is 64.6 Å². The maximum Gasteiger partial charge on any atom is 0.338 e. The maximum atomic E-state index is 12.3. The van der Waals surface area contributed by atoms with Gasteiger partial charge in [0, 0.05) is 12.8 Å². The molecule has 0 spiro atoms. The molecule has 2 aromatic carbocycles. The van der Waals surface area contributed by atoms with Gasteiger partial charge in [0.15, 0.2) is 6.10 Å².